The van der Waals surface area contributed by atoms with E-state index in [0.717, 1.165) is 16.0 Å². The SMILES string of the molecule is COc1ccc(C)cc1C(=O)O[C@@H](C)c1nc2sc(C)c(C)c2c(=O)[nH]1. The number of H-pyrrole nitrogens is 1. The van der Waals surface area contributed by atoms with E-state index < -0.39 is 12.1 Å². The molecule has 136 valence electrons. The van der Waals surface area contributed by atoms with Crippen molar-refractivity contribution in [1.29, 1.82) is 0 Å². The first-order chi connectivity index (χ1) is 12.3. The van der Waals surface area contributed by atoms with Crippen LogP contribution in [-0.4, -0.2) is 23.0 Å². The number of ether oxygens (including phenoxy) is 2. The van der Waals surface area contributed by atoms with Crippen molar-refractivity contribution in [3.8, 4) is 5.75 Å². The van der Waals surface area contributed by atoms with Gasteiger partial charge in [0.1, 0.15) is 16.1 Å². The number of hydrogen-bond acceptors (Lipinski definition) is 6. The molecule has 0 aliphatic heterocycles. The molecule has 1 atom stereocenters. The molecule has 0 bridgehead atoms. The summed E-state index contributed by atoms with van der Waals surface area (Å²) in [6.45, 7) is 7.41. The number of fused-ring (bicyclic) bond motifs is 1. The molecule has 0 aliphatic carbocycles. The molecule has 26 heavy (non-hydrogen) atoms. The van der Waals surface area contributed by atoms with Crippen molar-refractivity contribution in [3.63, 3.8) is 0 Å². The Labute approximate surface area is 154 Å². The van der Waals surface area contributed by atoms with Gasteiger partial charge in [0.05, 0.1) is 12.5 Å². The topological polar surface area (TPSA) is 81.3 Å². The molecule has 0 saturated carbocycles. The van der Waals surface area contributed by atoms with Crippen LogP contribution in [0.2, 0.25) is 0 Å². The molecule has 0 aliphatic rings. The molecule has 0 amide bonds. The van der Waals surface area contributed by atoms with E-state index in [-0.39, 0.29) is 5.56 Å². The first-order valence-corrected chi connectivity index (χ1v) is 8.99. The number of hydrogen-bond donors (Lipinski definition) is 1. The van der Waals surface area contributed by atoms with Crippen molar-refractivity contribution >= 4 is 27.5 Å². The number of esters is 1. The van der Waals surface area contributed by atoms with Crippen LogP contribution in [0.15, 0.2) is 23.0 Å². The van der Waals surface area contributed by atoms with E-state index in [0.29, 0.717) is 27.4 Å². The van der Waals surface area contributed by atoms with Crippen LogP contribution in [0.25, 0.3) is 10.2 Å². The maximum Gasteiger partial charge on any atom is 0.342 e. The fraction of sp³-hybridized carbons (Fsp3) is 0.316. The lowest BCUT2D eigenvalue weighted by atomic mass is 10.1. The number of aromatic amines is 1. The van der Waals surface area contributed by atoms with Gasteiger partial charge in [0.2, 0.25) is 0 Å². The third-order valence-electron chi connectivity index (χ3n) is 4.30. The summed E-state index contributed by atoms with van der Waals surface area (Å²) in [6, 6.07) is 5.28. The minimum Gasteiger partial charge on any atom is -0.496 e. The van der Waals surface area contributed by atoms with Crippen molar-refractivity contribution in [2.75, 3.05) is 7.11 Å². The van der Waals surface area contributed by atoms with Gasteiger partial charge in [-0.3, -0.25) is 4.79 Å². The summed E-state index contributed by atoms with van der Waals surface area (Å²) < 4.78 is 10.7. The highest BCUT2D eigenvalue weighted by Gasteiger charge is 2.21. The average molecular weight is 372 g/mol. The van der Waals surface area contributed by atoms with Crippen molar-refractivity contribution in [2.45, 2.75) is 33.8 Å². The van der Waals surface area contributed by atoms with Gasteiger partial charge in [0, 0.05) is 4.88 Å². The second kappa shape index (κ2) is 6.92. The number of methoxy groups -OCH3 is 1. The van der Waals surface area contributed by atoms with E-state index in [4.69, 9.17) is 9.47 Å². The number of nitrogens with one attached hydrogen (secondary N) is 1. The van der Waals surface area contributed by atoms with E-state index >= 15 is 0 Å². The average Bonchev–Trinajstić information content (AvgIpc) is 2.89. The van der Waals surface area contributed by atoms with Crippen LogP contribution >= 0.6 is 11.3 Å². The van der Waals surface area contributed by atoms with Crippen LogP contribution in [0.3, 0.4) is 0 Å². The van der Waals surface area contributed by atoms with E-state index in [1.54, 1.807) is 19.1 Å². The van der Waals surface area contributed by atoms with Gasteiger partial charge >= 0.3 is 5.97 Å². The van der Waals surface area contributed by atoms with E-state index in [2.05, 4.69) is 9.97 Å². The summed E-state index contributed by atoms with van der Waals surface area (Å²) in [5.41, 5.74) is 1.97. The number of aromatic nitrogens is 2. The van der Waals surface area contributed by atoms with Crippen LogP contribution < -0.4 is 10.3 Å². The Morgan fingerprint density at radius 2 is 2.00 bits per heavy atom. The first-order valence-electron chi connectivity index (χ1n) is 8.17. The summed E-state index contributed by atoms with van der Waals surface area (Å²) in [5, 5.41) is 0.593. The second-order valence-electron chi connectivity index (χ2n) is 6.17. The van der Waals surface area contributed by atoms with Gasteiger partial charge in [-0.1, -0.05) is 11.6 Å². The Bertz CT molecular complexity index is 1050. The number of nitrogens with zero attached hydrogens (tertiary/aromatic N) is 1. The zero-order valence-corrected chi connectivity index (χ0v) is 16.1. The summed E-state index contributed by atoms with van der Waals surface area (Å²) in [7, 11) is 1.50. The van der Waals surface area contributed by atoms with Gasteiger partial charge in [-0.2, -0.15) is 0 Å². The van der Waals surface area contributed by atoms with E-state index in [9.17, 15) is 9.59 Å². The summed E-state index contributed by atoms with van der Waals surface area (Å²) in [4.78, 5) is 33.8. The summed E-state index contributed by atoms with van der Waals surface area (Å²) in [6.07, 6.45) is -0.701. The lowest BCUT2D eigenvalue weighted by molar-refractivity contribution is 0.0316. The highest BCUT2D eigenvalue weighted by atomic mass is 32.1. The first kappa shape index (κ1) is 18.1. The number of carbonyl (C=O) groups is 1. The molecule has 0 fully saturated rings. The van der Waals surface area contributed by atoms with Gasteiger partial charge in [0.25, 0.3) is 5.56 Å². The van der Waals surface area contributed by atoms with Crippen molar-refractivity contribution in [3.05, 3.63) is 55.9 Å². The van der Waals surface area contributed by atoms with Gasteiger partial charge in [0.15, 0.2) is 11.9 Å². The van der Waals surface area contributed by atoms with E-state index in [1.165, 1.54) is 18.4 Å². The van der Waals surface area contributed by atoms with Crippen LogP contribution in [0.1, 0.15) is 45.2 Å². The number of thiophene rings is 1. The molecular formula is C19H20N2O4S. The molecule has 2 heterocycles. The maximum atomic E-state index is 12.5. The fourth-order valence-corrected chi connectivity index (χ4v) is 3.76. The van der Waals surface area contributed by atoms with E-state index in [1.807, 2.05) is 26.8 Å². The third kappa shape index (κ3) is 3.22. The van der Waals surface area contributed by atoms with Crippen LogP contribution in [-0.2, 0) is 4.74 Å². The lowest BCUT2D eigenvalue weighted by Gasteiger charge is -2.14. The maximum absolute atomic E-state index is 12.5. The Balaban J connectivity index is 1.92. The number of benzene rings is 1. The number of rotatable bonds is 4. The molecule has 0 radical (unpaired) electrons. The van der Waals surface area contributed by atoms with Crippen LogP contribution in [0.4, 0.5) is 0 Å². The van der Waals surface area contributed by atoms with Crippen LogP contribution in [0.5, 0.6) is 5.75 Å². The molecule has 0 unspecified atom stereocenters. The molecule has 1 aromatic carbocycles. The molecule has 3 aromatic rings. The fourth-order valence-electron chi connectivity index (χ4n) is 2.73. The second-order valence-corrected chi connectivity index (χ2v) is 7.37. The quantitative estimate of drug-likeness (QED) is 0.704. The lowest BCUT2D eigenvalue weighted by Crippen LogP contribution is -2.17. The molecule has 0 saturated heterocycles. The molecule has 1 N–H and O–H groups in total. The molecular weight excluding hydrogens is 352 g/mol. The molecule has 0 spiro atoms. The van der Waals surface area contributed by atoms with Crippen molar-refractivity contribution in [2.24, 2.45) is 0 Å². The van der Waals surface area contributed by atoms with Crippen molar-refractivity contribution < 1.29 is 14.3 Å². The highest BCUT2D eigenvalue weighted by Crippen LogP contribution is 2.28. The number of aryl methyl sites for hydroxylation is 3. The zero-order valence-electron chi connectivity index (χ0n) is 15.3. The molecule has 3 rings (SSSR count). The Kier molecular flexibility index (Phi) is 4.82. The Morgan fingerprint density at radius 3 is 2.69 bits per heavy atom. The van der Waals surface area contributed by atoms with Gasteiger partial charge in [-0.05, 0) is 45.4 Å². The zero-order chi connectivity index (χ0) is 19.0. The standard InChI is InChI=1S/C19H20N2O4S/c1-9-6-7-14(24-5)13(8-9)19(23)25-11(3)16-20-17(22)15-10(2)12(4)26-18(15)21-16/h6-8,11H,1-5H3,(H,20,21,22)/t11-/m0/s1. The molecule has 2 aromatic heterocycles. The van der Waals surface area contributed by atoms with Gasteiger partial charge in [-0.25, -0.2) is 9.78 Å². The third-order valence-corrected chi connectivity index (χ3v) is 5.40. The predicted molar refractivity (Wildman–Crippen MR) is 101 cm³/mol. The number of carbonyl (C=O) groups excluding carboxylic acids is 1. The smallest absolute Gasteiger partial charge is 0.342 e. The monoisotopic (exact) mass is 372 g/mol. The molecule has 7 heteroatoms. The van der Waals surface area contributed by atoms with Crippen molar-refractivity contribution in [1.82, 2.24) is 9.97 Å². The highest BCUT2D eigenvalue weighted by molar-refractivity contribution is 7.18. The largest absolute Gasteiger partial charge is 0.496 e. The normalized spacial score (nSPS) is 12.2. The van der Waals surface area contributed by atoms with Gasteiger partial charge < -0.3 is 14.5 Å². The Morgan fingerprint density at radius 1 is 1.27 bits per heavy atom. The minimum absolute atomic E-state index is 0.220. The summed E-state index contributed by atoms with van der Waals surface area (Å²) in [5.74, 6) is 0.234. The minimum atomic E-state index is -0.701. The van der Waals surface area contributed by atoms with Gasteiger partial charge in [-0.15, -0.1) is 11.3 Å². The Hall–Kier alpha value is -2.67. The summed E-state index contributed by atoms with van der Waals surface area (Å²) >= 11 is 1.46. The van der Waals surface area contributed by atoms with Crippen LogP contribution in [0, 0.1) is 20.8 Å². The predicted octanol–water partition coefficient (Wildman–Crippen LogP) is 3.84. The molecule has 6 nitrogen and oxygen atoms in total.